The molecule has 1 N–H and O–H groups in total. The van der Waals surface area contributed by atoms with Gasteiger partial charge < -0.3 is 15.0 Å². The highest BCUT2D eigenvalue weighted by Crippen LogP contribution is 2.28. The number of rotatable bonds is 5. The van der Waals surface area contributed by atoms with Gasteiger partial charge in [0.25, 0.3) is 5.56 Å². The molecule has 1 saturated heterocycles. The van der Waals surface area contributed by atoms with E-state index >= 15 is 0 Å². The summed E-state index contributed by atoms with van der Waals surface area (Å²) < 4.78 is 6.84. The van der Waals surface area contributed by atoms with E-state index < -0.39 is 0 Å². The van der Waals surface area contributed by atoms with Gasteiger partial charge in [-0.2, -0.15) is 4.98 Å². The van der Waals surface area contributed by atoms with Crippen LogP contribution < -0.4 is 20.5 Å². The second kappa shape index (κ2) is 7.76. The average Bonchev–Trinajstić information content (AvgIpc) is 3.34. The van der Waals surface area contributed by atoms with Crippen LogP contribution >= 0.6 is 22.9 Å². The highest BCUT2D eigenvalue weighted by Gasteiger charge is 2.19. The van der Waals surface area contributed by atoms with Crippen molar-refractivity contribution in [3.05, 3.63) is 39.9 Å². The molecule has 2 aromatic heterocycles. The number of halogens is 1. The monoisotopic (exact) mass is 419 g/mol. The van der Waals surface area contributed by atoms with E-state index in [2.05, 4.69) is 20.2 Å². The van der Waals surface area contributed by atoms with E-state index in [1.807, 2.05) is 0 Å². The lowest BCUT2D eigenvalue weighted by molar-refractivity contribution is -0.116. The van der Waals surface area contributed by atoms with Gasteiger partial charge in [-0.15, -0.1) is 0 Å². The maximum absolute atomic E-state index is 12.7. The Balaban J connectivity index is 1.52. The number of nitrogens with zero attached hydrogens (tertiary/aromatic N) is 4. The van der Waals surface area contributed by atoms with Crippen molar-refractivity contribution in [2.24, 2.45) is 0 Å². The van der Waals surface area contributed by atoms with Crippen LogP contribution in [0.3, 0.4) is 0 Å². The lowest BCUT2D eigenvalue weighted by Crippen LogP contribution is -2.27. The Kier molecular flexibility index (Phi) is 5.19. The summed E-state index contributed by atoms with van der Waals surface area (Å²) in [6.45, 7) is 1.74. The van der Waals surface area contributed by atoms with Crippen molar-refractivity contribution in [2.75, 3.05) is 30.4 Å². The number of aromatic nitrogens is 3. The van der Waals surface area contributed by atoms with Gasteiger partial charge in [0.05, 0.1) is 12.1 Å². The third-order valence-electron chi connectivity index (χ3n) is 4.50. The molecule has 8 nitrogen and oxygen atoms in total. The molecule has 1 amide bonds. The van der Waals surface area contributed by atoms with E-state index in [9.17, 15) is 9.59 Å². The van der Waals surface area contributed by atoms with Crippen LogP contribution in [0.15, 0.2) is 29.3 Å². The third-order valence-corrected chi connectivity index (χ3v) is 5.89. The normalized spacial score (nSPS) is 13.9. The molecule has 0 saturated carbocycles. The van der Waals surface area contributed by atoms with Gasteiger partial charge in [-0.3, -0.25) is 14.2 Å². The molecule has 3 aromatic rings. The molecule has 4 rings (SSSR count). The van der Waals surface area contributed by atoms with Gasteiger partial charge in [0.15, 0.2) is 10.8 Å². The number of anilines is 2. The number of nitrogens with one attached hydrogen (secondary N) is 1. The van der Waals surface area contributed by atoms with Gasteiger partial charge >= 0.3 is 0 Å². The number of amides is 1. The lowest BCUT2D eigenvalue weighted by atomic mass is 10.3. The van der Waals surface area contributed by atoms with Crippen LogP contribution in [0.25, 0.3) is 10.3 Å². The minimum atomic E-state index is -0.353. The lowest BCUT2D eigenvalue weighted by Gasteiger charge is -2.11. The quantitative estimate of drug-likeness (QED) is 0.684. The molecule has 28 heavy (non-hydrogen) atoms. The van der Waals surface area contributed by atoms with E-state index in [1.54, 1.807) is 18.2 Å². The fourth-order valence-corrected chi connectivity index (χ4v) is 4.37. The van der Waals surface area contributed by atoms with Crippen molar-refractivity contribution in [1.29, 1.82) is 0 Å². The Morgan fingerprint density at radius 2 is 2.14 bits per heavy atom. The summed E-state index contributed by atoms with van der Waals surface area (Å²) in [5, 5.41) is 3.92. The van der Waals surface area contributed by atoms with Gasteiger partial charge in [-0.25, -0.2) is 4.98 Å². The van der Waals surface area contributed by atoms with Crippen LogP contribution in [0.4, 0.5) is 10.8 Å². The molecular weight excluding hydrogens is 402 g/mol. The van der Waals surface area contributed by atoms with E-state index in [0.717, 1.165) is 31.1 Å². The summed E-state index contributed by atoms with van der Waals surface area (Å²) in [7, 11) is 1.52. The van der Waals surface area contributed by atoms with Crippen molar-refractivity contribution in [3.8, 4) is 5.75 Å². The molecule has 0 spiro atoms. The minimum Gasteiger partial charge on any atom is -0.495 e. The molecule has 3 heterocycles. The number of ether oxygens (including phenoxy) is 1. The first-order valence-electron chi connectivity index (χ1n) is 8.79. The van der Waals surface area contributed by atoms with Gasteiger partial charge in [-0.1, -0.05) is 22.9 Å². The first-order chi connectivity index (χ1) is 13.5. The Morgan fingerprint density at radius 3 is 2.86 bits per heavy atom. The average molecular weight is 420 g/mol. The fourth-order valence-electron chi connectivity index (χ4n) is 3.09. The minimum absolute atomic E-state index is 0.150. The Labute approximate surface area is 169 Å². The van der Waals surface area contributed by atoms with Crippen LogP contribution in [0.1, 0.15) is 12.8 Å². The van der Waals surface area contributed by atoms with Gasteiger partial charge in [0.1, 0.15) is 23.3 Å². The summed E-state index contributed by atoms with van der Waals surface area (Å²) in [4.78, 5) is 36.0. The van der Waals surface area contributed by atoms with Crippen LogP contribution in [0.5, 0.6) is 5.75 Å². The summed E-state index contributed by atoms with van der Waals surface area (Å²) in [5.74, 6) is 0.165. The van der Waals surface area contributed by atoms with Gasteiger partial charge in [0.2, 0.25) is 5.91 Å². The first-order valence-corrected chi connectivity index (χ1v) is 9.99. The van der Waals surface area contributed by atoms with Crippen molar-refractivity contribution in [3.63, 3.8) is 0 Å². The number of carbonyl (C=O) groups is 1. The largest absolute Gasteiger partial charge is 0.495 e. The molecular formula is C18H18ClN5O3S. The van der Waals surface area contributed by atoms with Crippen LogP contribution in [0.2, 0.25) is 5.02 Å². The number of fused-ring (bicyclic) bond motifs is 1. The predicted octanol–water partition coefficient (Wildman–Crippen LogP) is 2.75. The van der Waals surface area contributed by atoms with Crippen molar-refractivity contribution >= 4 is 50.0 Å². The molecule has 0 aliphatic carbocycles. The van der Waals surface area contributed by atoms with Gasteiger partial charge in [0, 0.05) is 18.8 Å². The highest BCUT2D eigenvalue weighted by atomic mass is 35.5. The standard InChI is InChI=1S/C18H18ClN5O3S/c1-27-13-5-4-11(8-12(13)19)21-14(25)9-24-10-20-16-15(17(24)26)28-18(22-16)23-6-2-3-7-23/h4-5,8,10H,2-3,6-7,9H2,1H3,(H,21,25). The zero-order valence-corrected chi connectivity index (χ0v) is 16.7. The number of carbonyl (C=O) groups excluding carboxylic acids is 1. The number of hydrogen-bond donors (Lipinski definition) is 1. The maximum Gasteiger partial charge on any atom is 0.273 e. The Morgan fingerprint density at radius 1 is 1.36 bits per heavy atom. The zero-order valence-electron chi connectivity index (χ0n) is 15.1. The second-order valence-corrected chi connectivity index (χ2v) is 7.80. The maximum atomic E-state index is 12.7. The summed E-state index contributed by atoms with van der Waals surface area (Å²) in [5.41, 5.74) is 0.679. The fraction of sp³-hybridized carbons (Fsp3) is 0.333. The molecule has 10 heteroatoms. The Bertz CT molecular complexity index is 1090. The van der Waals surface area contributed by atoms with E-state index in [0.29, 0.717) is 26.8 Å². The molecule has 1 fully saturated rings. The van der Waals surface area contributed by atoms with Crippen LogP contribution in [0, 0.1) is 0 Å². The number of thiazole rings is 1. The highest BCUT2D eigenvalue weighted by molar-refractivity contribution is 7.22. The van der Waals surface area contributed by atoms with E-state index in [4.69, 9.17) is 16.3 Å². The van der Waals surface area contributed by atoms with Crippen molar-refractivity contribution in [2.45, 2.75) is 19.4 Å². The number of methoxy groups -OCH3 is 1. The first kappa shape index (κ1) is 18.7. The SMILES string of the molecule is COc1ccc(NC(=O)Cn2cnc3nc(N4CCCC4)sc3c2=O)cc1Cl. The second-order valence-electron chi connectivity index (χ2n) is 6.42. The molecule has 0 radical (unpaired) electrons. The van der Waals surface area contributed by atoms with Crippen molar-refractivity contribution in [1.82, 2.24) is 14.5 Å². The third kappa shape index (κ3) is 3.67. The Hall–Kier alpha value is -2.65. The molecule has 1 aliphatic heterocycles. The summed E-state index contributed by atoms with van der Waals surface area (Å²) in [6, 6.07) is 4.93. The smallest absolute Gasteiger partial charge is 0.273 e. The molecule has 1 aliphatic rings. The summed E-state index contributed by atoms with van der Waals surface area (Å²) >= 11 is 7.40. The van der Waals surface area contributed by atoms with E-state index in [1.165, 1.54) is 29.3 Å². The number of benzene rings is 1. The number of hydrogen-bond acceptors (Lipinski definition) is 7. The van der Waals surface area contributed by atoms with E-state index in [-0.39, 0.29) is 18.0 Å². The predicted molar refractivity (Wildman–Crippen MR) is 110 cm³/mol. The van der Waals surface area contributed by atoms with Crippen LogP contribution in [-0.2, 0) is 11.3 Å². The topological polar surface area (TPSA) is 89.3 Å². The van der Waals surface area contributed by atoms with Crippen molar-refractivity contribution < 1.29 is 9.53 Å². The molecule has 146 valence electrons. The zero-order chi connectivity index (χ0) is 19.7. The molecule has 0 bridgehead atoms. The molecule has 0 atom stereocenters. The van der Waals surface area contributed by atoms with Crippen LogP contribution in [-0.4, -0.2) is 40.6 Å². The summed E-state index contributed by atoms with van der Waals surface area (Å²) in [6.07, 6.45) is 3.62. The van der Waals surface area contributed by atoms with Gasteiger partial charge in [-0.05, 0) is 31.0 Å². The molecule has 1 aromatic carbocycles. The molecule has 0 unspecified atom stereocenters.